The van der Waals surface area contributed by atoms with Gasteiger partial charge in [-0.2, -0.15) is 0 Å². The maximum Gasteiger partial charge on any atom is 0.332 e. The van der Waals surface area contributed by atoms with Crippen LogP contribution >= 0.6 is 0 Å². The number of hydrogen-bond acceptors (Lipinski definition) is 3. The van der Waals surface area contributed by atoms with E-state index in [4.69, 9.17) is 4.43 Å². The smallest absolute Gasteiger partial charge is 0.332 e. The van der Waals surface area contributed by atoms with Crippen molar-refractivity contribution in [2.75, 3.05) is 0 Å². The van der Waals surface area contributed by atoms with E-state index in [-0.39, 0.29) is 16.1 Å². The molecule has 1 N–H and O–H groups in total. The Hall–Kier alpha value is -1.10. The van der Waals surface area contributed by atoms with Crippen LogP contribution in [0, 0.1) is 5.41 Å². The zero-order valence-electron chi connectivity index (χ0n) is 17.0. The number of rotatable bonds is 14. The molecular weight excluding hydrogens is 332 g/mol. The van der Waals surface area contributed by atoms with Gasteiger partial charge in [-0.25, -0.2) is 4.79 Å². The Morgan fingerprint density at radius 2 is 1.36 bits per heavy atom. The van der Waals surface area contributed by atoms with E-state index in [2.05, 4.69) is 6.92 Å². The lowest BCUT2D eigenvalue weighted by atomic mass is 9.80. The molecule has 0 fully saturated rings. The lowest BCUT2D eigenvalue weighted by Gasteiger charge is -2.25. The lowest BCUT2D eigenvalue weighted by molar-refractivity contribution is -0.145. The van der Waals surface area contributed by atoms with Crippen LogP contribution in [0.25, 0.3) is 0 Å². The molecule has 0 aliphatic rings. The Morgan fingerprint density at radius 1 is 0.920 bits per heavy atom. The van der Waals surface area contributed by atoms with E-state index < -0.39 is 17.4 Å². The summed E-state index contributed by atoms with van der Waals surface area (Å²) in [4.78, 5) is 23.6. The quantitative estimate of drug-likeness (QED) is 0.277. The third-order valence-electron chi connectivity index (χ3n) is 4.87. The largest absolute Gasteiger partial charge is 0.528 e. The molecule has 0 bridgehead atoms. The van der Waals surface area contributed by atoms with Crippen molar-refractivity contribution in [2.24, 2.45) is 5.41 Å². The van der Waals surface area contributed by atoms with E-state index in [0.29, 0.717) is 0 Å². The summed E-state index contributed by atoms with van der Waals surface area (Å²) in [6.07, 6.45) is 13.3. The molecule has 146 valence electrons. The number of hydrogen-bond donors (Lipinski definition) is 1. The van der Waals surface area contributed by atoms with Crippen molar-refractivity contribution in [3.05, 3.63) is 11.1 Å². The van der Waals surface area contributed by atoms with Gasteiger partial charge in [0.05, 0.1) is 11.0 Å². The third-order valence-corrected chi connectivity index (χ3v) is 5.24. The van der Waals surface area contributed by atoms with Gasteiger partial charge in [0.1, 0.15) is 0 Å². The second-order valence-electron chi connectivity index (χ2n) is 7.51. The second kappa shape index (κ2) is 13.1. The number of carbonyl (C=O) groups excluding carboxylic acids is 1. The zero-order valence-corrected chi connectivity index (χ0v) is 19.0. The second-order valence-corrected chi connectivity index (χ2v) is 7.92. The molecule has 0 aromatic heterocycles. The summed E-state index contributed by atoms with van der Waals surface area (Å²) in [7, 11) is 0.280. The van der Waals surface area contributed by atoms with Crippen molar-refractivity contribution >= 4 is 22.4 Å². The van der Waals surface area contributed by atoms with Gasteiger partial charge in [-0.05, 0) is 33.6 Å². The van der Waals surface area contributed by atoms with Crippen molar-refractivity contribution < 1.29 is 19.1 Å². The zero-order chi connectivity index (χ0) is 19.3. The Labute approximate surface area is 157 Å². The van der Waals surface area contributed by atoms with E-state index in [1.807, 2.05) is 6.92 Å². The first-order chi connectivity index (χ1) is 11.8. The highest BCUT2D eigenvalue weighted by Gasteiger charge is 2.38. The van der Waals surface area contributed by atoms with E-state index >= 15 is 0 Å². The lowest BCUT2D eigenvalue weighted by Crippen LogP contribution is -2.32. The Kier molecular flexibility index (Phi) is 12.6. The van der Waals surface area contributed by atoms with Gasteiger partial charge < -0.3 is 9.53 Å². The van der Waals surface area contributed by atoms with Crippen LogP contribution in [-0.2, 0) is 14.0 Å². The molecule has 0 aromatic rings. The van der Waals surface area contributed by atoms with Crippen molar-refractivity contribution in [1.82, 2.24) is 0 Å². The monoisotopic (exact) mass is 370 g/mol. The Balaban J connectivity index is 4.27. The summed E-state index contributed by atoms with van der Waals surface area (Å²) in [6, 6.07) is 0. The van der Waals surface area contributed by atoms with Crippen LogP contribution in [0.2, 0.25) is 0 Å². The minimum absolute atomic E-state index is 0.198. The fourth-order valence-electron chi connectivity index (χ4n) is 3.34. The maximum absolute atomic E-state index is 11.9. The number of carboxylic acids is 1. The summed E-state index contributed by atoms with van der Waals surface area (Å²) < 4.78 is 4.90. The minimum atomic E-state index is -1.09. The molecule has 0 saturated carbocycles. The van der Waals surface area contributed by atoms with Crippen molar-refractivity contribution in [1.29, 1.82) is 0 Å². The van der Waals surface area contributed by atoms with Gasteiger partial charge in [0.25, 0.3) is 0 Å². The van der Waals surface area contributed by atoms with Crippen LogP contribution in [0.1, 0.15) is 98.3 Å². The molecular formula is C20H38O4Si. The van der Waals surface area contributed by atoms with E-state index in [1.165, 1.54) is 51.4 Å². The van der Waals surface area contributed by atoms with Gasteiger partial charge in [0, 0.05) is 0 Å². The van der Waals surface area contributed by atoms with Crippen LogP contribution in [0.15, 0.2) is 11.1 Å². The molecule has 5 heteroatoms. The van der Waals surface area contributed by atoms with Gasteiger partial charge in [-0.3, -0.25) is 4.79 Å². The van der Waals surface area contributed by atoms with Crippen LogP contribution in [0.5, 0.6) is 0 Å². The van der Waals surface area contributed by atoms with Crippen LogP contribution in [0.4, 0.5) is 0 Å². The summed E-state index contributed by atoms with van der Waals surface area (Å²) in [5.74, 6) is -1.46. The van der Waals surface area contributed by atoms with Crippen LogP contribution in [0.3, 0.4) is 0 Å². The molecule has 0 aromatic carbocycles. The molecule has 0 heterocycles. The average Bonchev–Trinajstić information content (AvgIpc) is 2.55. The molecule has 0 amide bonds. The van der Waals surface area contributed by atoms with Gasteiger partial charge in [0.15, 0.2) is 0 Å². The maximum atomic E-state index is 11.9. The van der Waals surface area contributed by atoms with E-state index in [0.717, 1.165) is 24.8 Å². The summed E-state index contributed by atoms with van der Waals surface area (Å²) in [5, 5.41) is 9.53. The number of allylic oxidation sites excluding steroid dienone is 1. The fourth-order valence-corrected chi connectivity index (χ4v) is 3.85. The van der Waals surface area contributed by atoms with Crippen LogP contribution in [-0.4, -0.2) is 27.5 Å². The number of carboxylic acid groups (broad SMARTS) is 1. The van der Waals surface area contributed by atoms with Crippen molar-refractivity contribution in [3.63, 3.8) is 0 Å². The number of aliphatic carboxylic acids is 1. The molecule has 0 aliphatic heterocycles. The highest BCUT2D eigenvalue weighted by Crippen LogP contribution is 2.32. The van der Waals surface area contributed by atoms with Crippen LogP contribution < -0.4 is 0 Å². The molecule has 0 atom stereocenters. The first-order valence-corrected chi connectivity index (χ1v) is 10.6. The van der Waals surface area contributed by atoms with E-state index in [1.54, 1.807) is 13.8 Å². The predicted octanol–water partition coefficient (Wildman–Crippen LogP) is 4.55. The molecule has 25 heavy (non-hydrogen) atoms. The number of unbranched alkanes of at least 4 members (excludes halogenated alkanes) is 9. The van der Waals surface area contributed by atoms with Gasteiger partial charge in [-0.1, -0.05) is 70.3 Å². The van der Waals surface area contributed by atoms with Gasteiger partial charge >= 0.3 is 11.9 Å². The highest BCUT2D eigenvalue weighted by molar-refractivity contribution is 6.08. The first-order valence-electron chi connectivity index (χ1n) is 9.80. The summed E-state index contributed by atoms with van der Waals surface area (Å²) in [5.41, 5.74) is -0.0933. The SMILES string of the molecule is CCCCCCCCCCCCC(C)=C(C(=O)O)C(C)(C)C(=O)O[SiH3]. The summed E-state index contributed by atoms with van der Waals surface area (Å²) >= 11 is 0. The Bertz CT molecular complexity index is 441. The first kappa shape index (κ1) is 23.9. The summed E-state index contributed by atoms with van der Waals surface area (Å²) in [6.45, 7) is 7.34. The molecule has 0 saturated heterocycles. The minimum Gasteiger partial charge on any atom is -0.528 e. The molecule has 0 radical (unpaired) electrons. The molecule has 0 aliphatic carbocycles. The fraction of sp³-hybridized carbons (Fsp3) is 0.800. The number of carbonyl (C=O) groups is 2. The predicted molar refractivity (Wildman–Crippen MR) is 107 cm³/mol. The molecule has 4 nitrogen and oxygen atoms in total. The van der Waals surface area contributed by atoms with E-state index in [9.17, 15) is 14.7 Å². The topological polar surface area (TPSA) is 63.6 Å². The third kappa shape index (κ3) is 9.24. The Morgan fingerprint density at radius 3 is 1.76 bits per heavy atom. The standard InChI is InChI=1S/C20H38O4Si/c1-5-6-7-8-9-10-11-12-13-14-15-16(2)17(18(21)22)20(3,4)19(23)24-25/h5-15H2,1-4,25H3,(H,21,22). The average molecular weight is 371 g/mol. The van der Waals surface area contributed by atoms with Crippen molar-refractivity contribution in [3.8, 4) is 0 Å². The van der Waals surface area contributed by atoms with Gasteiger partial charge in [0.2, 0.25) is 10.5 Å². The molecule has 0 unspecified atom stereocenters. The van der Waals surface area contributed by atoms with Gasteiger partial charge in [-0.15, -0.1) is 0 Å². The highest BCUT2D eigenvalue weighted by atomic mass is 28.2. The van der Waals surface area contributed by atoms with Crippen molar-refractivity contribution in [2.45, 2.75) is 98.3 Å². The molecule has 0 rings (SSSR count). The normalized spacial score (nSPS) is 12.8. The molecule has 0 spiro atoms.